The fourth-order valence-corrected chi connectivity index (χ4v) is 3.95. The van der Waals surface area contributed by atoms with Crippen molar-refractivity contribution in [3.8, 4) is 11.5 Å². The van der Waals surface area contributed by atoms with E-state index in [4.69, 9.17) is 14.6 Å². The maximum Gasteiger partial charge on any atom is 0.306 e. The zero-order valence-electron chi connectivity index (χ0n) is 15.8. The van der Waals surface area contributed by atoms with Crippen molar-refractivity contribution in [1.82, 2.24) is 4.90 Å². The van der Waals surface area contributed by atoms with Crippen molar-refractivity contribution in [3.05, 3.63) is 65.7 Å². The standard InChI is InChI=1S/C23H25NO4/c25-23(26)17-11-14-24(15-12-17)13-5-8-18-19-6-1-3-9-21(19)27-16-28-22-10-4-2-7-20(18)22/h1-4,6-10,17H,5,11-16H2,(H,25,26). The molecule has 146 valence electrons. The molecule has 2 aromatic rings. The van der Waals surface area contributed by atoms with Crippen LogP contribution < -0.4 is 9.47 Å². The quantitative estimate of drug-likeness (QED) is 0.869. The summed E-state index contributed by atoms with van der Waals surface area (Å²) in [5.74, 6) is 0.800. The molecule has 2 aliphatic heterocycles. The van der Waals surface area contributed by atoms with Crippen LogP contribution >= 0.6 is 0 Å². The van der Waals surface area contributed by atoms with Crippen LogP contribution in [-0.4, -0.2) is 42.4 Å². The third-order valence-corrected chi connectivity index (χ3v) is 5.51. The van der Waals surface area contributed by atoms with Crippen LogP contribution in [0.1, 0.15) is 30.4 Å². The van der Waals surface area contributed by atoms with Crippen LogP contribution in [0.4, 0.5) is 0 Å². The van der Waals surface area contributed by atoms with Gasteiger partial charge in [0.2, 0.25) is 6.79 Å². The van der Waals surface area contributed by atoms with Crippen LogP contribution in [0, 0.1) is 5.92 Å². The summed E-state index contributed by atoms with van der Waals surface area (Å²) in [5, 5.41) is 9.15. The second-order valence-corrected chi connectivity index (χ2v) is 7.26. The van der Waals surface area contributed by atoms with Gasteiger partial charge in [-0.15, -0.1) is 0 Å². The number of likely N-dealkylation sites (tertiary alicyclic amines) is 1. The first-order chi connectivity index (χ1) is 13.7. The van der Waals surface area contributed by atoms with Gasteiger partial charge < -0.3 is 19.5 Å². The van der Waals surface area contributed by atoms with Gasteiger partial charge in [-0.2, -0.15) is 0 Å². The normalized spacial score (nSPS) is 17.4. The summed E-state index contributed by atoms with van der Waals surface area (Å²) in [7, 11) is 0. The number of fused-ring (bicyclic) bond motifs is 2. The molecule has 0 unspecified atom stereocenters. The Hall–Kier alpha value is -2.79. The molecule has 5 nitrogen and oxygen atoms in total. The lowest BCUT2D eigenvalue weighted by Gasteiger charge is -2.29. The highest BCUT2D eigenvalue weighted by molar-refractivity contribution is 5.85. The summed E-state index contributed by atoms with van der Waals surface area (Å²) < 4.78 is 11.6. The molecule has 0 amide bonds. The van der Waals surface area contributed by atoms with E-state index in [0.29, 0.717) is 0 Å². The molecule has 2 heterocycles. The highest BCUT2D eigenvalue weighted by Crippen LogP contribution is 2.37. The minimum absolute atomic E-state index is 0.187. The Morgan fingerprint density at radius 1 is 1.00 bits per heavy atom. The molecule has 1 saturated heterocycles. The lowest BCUT2D eigenvalue weighted by atomic mass is 9.94. The van der Waals surface area contributed by atoms with E-state index in [0.717, 1.165) is 67.1 Å². The second-order valence-electron chi connectivity index (χ2n) is 7.26. The van der Waals surface area contributed by atoms with E-state index < -0.39 is 5.97 Å². The number of rotatable bonds is 4. The zero-order chi connectivity index (χ0) is 19.3. The van der Waals surface area contributed by atoms with Crippen molar-refractivity contribution in [1.29, 1.82) is 0 Å². The number of para-hydroxylation sites is 2. The lowest BCUT2D eigenvalue weighted by molar-refractivity contribution is -0.143. The smallest absolute Gasteiger partial charge is 0.306 e. The fourth-order valence-electron chi connectivity index (χ4n) is 3.95. The number of aliphatic carboxylic acids is 1. The molecule has 4 rings (SSSR count). The van der Waals surface area contributed by atoms with Gasteiger partial charge in [-0.3, -0.25) is 4.79 Å². The topological polar surface area (TPSA) is 59.0 Å². The Morgan fingerprint density at radius 3 is 2.14 bits per heavy atom. The van der Waals surface area contributed by atoms with Crippen LogP contribution in [0.25, 0.3) is 5.57 Å². The number of carboxylic acid groups (broad SMARTS) is 1. The monoisotopic (exact) mass is 379 g/mol. The fraction of sp³-hybridized carbons (Fsp3) is 0.348. The van der Waals surface area contributed by atoms with Gasteiger partial charge in [0.05, 0.1) is 5.92 Å². The number of carbonyl (C=O) groups is 1. The Balaban J connectivity index is 1.54. The molecule has 0 radical (unpaired) electrons. The first-order valence-electron chi connectivity index (χ1n) is 9.82. The van der Waals surface area contributed by atoms with Gasteiger partial charge in [-0.1, -0.05) is 42.5 Å². The molecule has 1 N–H and O–H groups in total. The van der Waals surface area contributed by atoms with Crippen molar-refractivity contribution in [2.45, 2.75) is 19.3 Å². The highest BCUT2D eigenvalue weighted by Gasteiger charge is 2.24. The van der Waals surface area contributed by atoms with E-state index in [2.05, 4.69) is 23.1 Å². The van der Waals surface area contributed by atoms with Gasteiger partial charge in [0, 0.05) is 17.7 Å². The number of benzene rings is 2. The first-order valence-corrected chi connectivity index (χ1v) is 9.82. The lowest BCUT2D eigenvalue weighted by Crippen LogP contribution is -2.36. The Kier molecular flexibility index (Phi) is 5.63. The molecule has 2 aliphatic rings. The molecule has 1 fully saturated rings. The molecule has 0 saturated carbocycles. The van der Waals surface area contributed by atoms with Gasteiger partial charge in [0.1, 0.15) is 11.5 Å². The first kappa shape index (κ1) is 18.6. The summed E-state index contributed by atoms with van der Waals surface area (Å²) in [4.78, 5) is 13.5. The van der Waals surface area contributed by atoms with Gasteiger partial charge in [-0.05, 0) is 50.1 Å². The van der Waals surface area contributed by atoms with Gasteiger partial charge in [0.25, 0.3) is 0 Å². The highest BCUT2D eigenvalue weighted by atomic mass is 16.7. The van der Waals surface area contributed by atoms with E-state index in [1.54, 1.807) is 0 Å². The van der Waals surface area contributed by atoms with Crippen molar-refractivity contribution in [3.63, 3.8) is 0 Å². The number of hydrogen-bond acceptors (Lipinski definition) is 4. The third-order valence-electron chi connectivity index (χ3n) is 5.51. The molecule has 2 aromatic carbocycles. The van der Waals surface area contributed by atoms with Crippen molar-refractivity contribution >= 4 is 11.5 Å². The predicted octanol–water partition coefficient (Wildman–Crippen LogP) is 4.03. The molecular weight excluding hydrogens is 354 g/mol. The van der Waals surface area contributed by atoms with Crippen LogP contribution in [-0.2, 0) is 4.79 Å². The number of carboxylic acids is 1. The maximum absolute atomic E-state index is 11.1. The Labute approximate surface area is 165 Å². The minimum Gasteiger partial charge on any atom is -0.481 e. The van der Waals surface area contributed by atoms with Gasteiger partial charge in [0.15, 0.2) is 0 Å². The summed E-state index contributed by atoms with van der Waals surface area (Å²) in [6.45, 7) is 2.81. The molecule has 0 aromatic heterocycles. The molecule has 0 aliphatic carbocycles. The van der Waals surface area contributed by atoms with E-state index >= 15 is 0 Å². The molecule has 0 atom stereocenters. The maximum atomic E-state index is 11.1. The minimum atomic E-state index is -0.662. The number of ether oxygens (including phenoxy) is 2. The van der Waals surface area contributed by atoms with E-state index in [9.17, 15) is 4.79 Å². The second kappa shape index (κ2) is 8.48. The molecule has 0 spiro atoms. The number of piperidine rings is 1. The number of hydrogen-bond donors (Lipinski definition) is 1. The Morgan fingerprint density at radius 2 is 1.57 bits per heavy atom. The SMILES string of the molecule is O=C(O)C1CCN(CCC=C2c3ccccc3OCOc3ccccc32)CC1. The summed E-state index contributed by atoms with van der Waals surface area (Å²) in [6, 6.07) is 16.1. The van der Waals surface area contributed by atoms with Crippen molar-refractivity contribution < 1.29 is 19.4 Å². The van der Waals surface area contributed by atoms with Gasteiger partial charge in [-0.25, -0.2) is 0 Å². The molecule has 28 heavy (non-hydrogen) atoms. The van der Waals surface area contributed by atoms with Crippen LogP contribution in [0.15, 0.2) is 54.6 Å². The van der Waals surface area contributed by atoms with Crippen LogP contribution in [0.2, 0.25) is 0 Å². The molecule has 5 heteroatoms. The van der Waals surface area contributed by atoms with Crippen molar-refractivity contribution in [2.24, 2.45) is 5.92 Å². The predicted molar refractivity (Wildman–Crippen MR) is 108 cm³/mol. The molecular formula is C23H25NO4. The van der Waals surface area contributed by atoms with Crippen molar-refractivity contribution in [2.75, 3.05) is 26.4 Å². The van der Waals surface area contributed by atoms with Gasteiger partial charge >= 0.3 is 5.97 Å². The number of nitrogens with zero attached hydrogens (tertiary/aromatic N) is 1. The summed E-state index contributed by atoms with van der Waals surface area (Å²) in [5.41, 5.74) is 3.26. The average molecular weight is 379 g/mol. The third kappa shape index (κ3) is 4.04. The molecule has 0 bridgehead atoms. The average Bonchev–Trinajstić information content (AvgIpc) is 2.71. The van der Waals surface area contributed by atoms with E-state index in [-0.39, 0.29) is 12.7 Å². The van der Waals surface area contributed by atoms with Crippen LogP contribution in [0.3, 0.4) is 0 Å². The summed E-state index contributed by atoms with van der Waals surface area (Å²) in [6.07, 6.45) is 4.60. The van der Waals surface area contributed by atoms with E-state index in [1.807, 2.05) is 36.4 Å². The van der Waals surface area contributed by atoms with Crippen LogP contribution in [0.5, 0.6) is 11.5 Å². The summed E-state index contributed by atoms with van der Waals surface area (Å²) >= 11 is 0. The largest absolute Gasteiger partial charge is 0.481 e. The van der Waals surface area contributed by atoms with E-state index in [1.165, 1.54) is 0 Å². The zero-order valence-corrected chi connectivity index (χ0v) is 15.8. The Bertz CT molecular complexity index is 819.